The van der Waals surface area contributed by atoms with Gasteiger partial charge in [-0.25, -0.2) is 0 Å². The molecule has 0 spiro atoms. The van der Waals surface area contributed by atoms with Gasteiger partial charge in [-0.1, -0.05) is 254 Å². The SMILES string of the molecule is CC/C=C\C/C=C\C/C=C\C/C=C\CCCCCCCCCCCCC(=O)OCC(COC(=O)CCCCCCC/C=C\C/C=C\CCC)OC(=O)CCCCCCCCC/C=C\CCCCCCCCC. The zero-order valence-electron chi connectivity index (χ0n) is 47.4. The molecule has 0 aliphatic rings. The van der Waals surface area contributed by atoms with Gasteiger partial charge in [0.2, 0.25) is 0 Å². The first kappa shape index (κ1) is 68.6. The van der Waals surface area contributed by atoms with E-state index in [2.05, 4.69) is 106 Å². The lowest BCUT2D eigenvalue weighted by Gasteiger charge is -2.18. The Morgan fingerprint density at radius 2 is 0.569 bits per heavy atom. The highest BCUT2D eigenvalue weighted by Gasteiger charge is 2.19. The largest absolute Gasteiger partial charge is 0.462 e. The van der Waals surface area contributed by atoms with Gasteiger partial charge < -0.3 is 14.2 Å². The third-order valence-electron chi connectivity index (χ3n) is 13.1. The standard InChI is InChI=1S/C66H114O6/c1-4-7-10-13-16-19-22-25-27-29-31-32-33-34-35-37-38-41-44-47-50-53-56-59-65(68)71-62-63(61-70-64(67)58-55-52-49-46-43-40-24-21-18-15-12-9-6-3)72-66(69)60-57-54-51-48-45-42-39-36-30-28-26-23-20-17-14-11-8-5-2/h7,10,12,15-16,19,21,24-25,27-28,30-32,63H,4-6,8-9,11,13-14,17-18,20,22-23,26,29,33-62H2,1-3H3/b10-7-,15-12-,19-16-,24-21-,27-25-,30-28-,32-31-. The number of ether oxygens (including phenoxy) is 3. The molecule has 1 atom stereocenters. The predicted molar refractivity (Wildman–Crippen MR) is 311 cm³/mol. The average molecular weight is 1000 g/mol. The molecule has 1 unspecified atom stereocenters. The van der Waals surface area contributed by atoms with Crippen molar-refractivity contribution in [3.63, 3.8) is 0 Å². The van der Waals surface area contributed by atoms with Crippen molar-refractivity contribution in [2.75, 3.05) is 13.2 Å². The van der Waals surface area contributed by atoms with Gasteiger partial charge in [-0.15, -0.1) is 0 Å². The average Bonchev–Trinajstić information content (AvgIpc) is 3.38. The first-order chi connectivity index (χ1) is 35.5. The first-order valence-electron chi connectivity index (χ1n) is 30.6. The molecule has 0 N–H and O–H groups in total. The van der Waals surface area contributed by atoms with Gasteiger partial charge in [-0.3, -0.25) is 14.4 Å². The van der Waals surface area contributed by atoms with Crippen molar-refractivity contribution >= 4 is 17.9 Å². The molecule has 0 heterocycles. The number of carbonyl (C=O) groups is 3. The highest BCUT2D eigenvalue weighted by atomic mass is 16.6. The summed E-state index contributed by atoms with van der Waals surface area (Å²) in [6, 6.07) is 0. The van der Waals surface area contributed by atoms with Crippen molar-refractivity contribution in [2.45, 2.75) is 303 Å². The third kappa shape index (κ3) is 57.5. The van der Waals surface area contributed by atoms with Crippen LogP contribution in [0, 0.1) is 0 Å². The van der Waals surface area contributed by atoms with Crippen LogP contribution >= 0.6 is 0 Å². The summed E-state index contributed by atoms with van der Waals surface area (Å²) in [4.78, 5) is 38.2. The van der Waals surface area contributed by atoms with Crippen LogP contribution in [-0.2, 0) is 28.6 Å². The summed E-state index contributed by atoms with van der Waals surface area (Å²) in [5, 5.41) is 0. The van der Waals surface area contributed by atoms with E-state index in [4.69, 9.17) is 14.2 Å². The molecular formula is C66H114O6. The second kappa shape index (κ2) is 60.1. The maximum Gasteiger partial charge on any atom is 0.306 e. The van der Waals surface area contributed by atoms with Gasteiger partial charge in [0.05, 0.1) is 0 Å². The number of unbranched alkanes of at least 4 members (excludes halogenated alkanes) is 30. The molecule has 6 nitrogen and oxygen atoms in total. The number of hydrogen-bond acceptors (Lipinski definition) is 6. The van der Waals surface area contributed by atoms with E-state index in [0.717, 1.165) is 116 Å². The molecule has 414 valence electrons. The summed E-state index contributed by atoms with van der Waals surface area (Å²) in [6.45, 7) is 6.47. The van der Waals surface area contributed by atoms with E-state index in [-0.39, 0.29) is 31.1 Å². The molecule has 0 radical (unpaired) electrons. The number of esters is 3. The second-order valence-corrected chi connectivity index (χ2v) is 20.2. The van der Waals surface area contributed by atoms with Gasteiger partial charge in [0.1, 0.15) is 13.2 Å². The van der Waals surface area contributed by atoms with Crippen LogP contribution < -0.4 is 0 Å². The van der Waals surface area contributed by atoms with Crippen LogP contribution in [-0.4, -0.2) is 37.2 Å². The van der Waals surface area contributed by atoms with Gasteiger partial charge in [0, 0.05) is 19.3 Å². The summed E-state index contributed by atoms with van der Waals surface area (Å²) < 4.78 is 16.9. The van der Waals surface area contributed by atoms with Gasteiger partial charge >= 0.3 is 17.9 Å². The molecule has 0 fully saturated rings. The normalized spacial score (nSPS) is 12.7. The Morgan fingerprint density at radius 3 is 0.917 bits per heavy atom. The monoisotopic (exact) mass is 1000 g/mol. The minimum absolute atomic E-state index is 0.0842. The number of rotatable bonds is 55. The summed E-state index contributed by atoms with van der Waals surface area (Å²) >= 11 is 0. The van der Waals surface area contributed by atoms with Crippen molar-refractivity contribution < 1.29 is 28.6 Å². The maximum atomic E-state index is 12.9. The van der Waals surface area contributed by atoms with Crippen LogP contribution in [0.5, 0.6) is 0 Å². The highest BCUT2D eigenvalue weighted by molar-refractivity contribution is 5.71. The Morgan fingerprint density at radius 1 is 0.292 bits per heavy atom. The molecule has 0 amide bonds. The van der Waals surface area contributed by atoms with Crippen molar-refractivity contribution in [1.82, 2.24) is 0 Å². The van der Waals surface area contributed by atoms with Crippen LogP contribution in [0.4, 0.5) is 0 Å². The van der Waals surface area contributed by atoms with Crippen molar-refractivity contribution in [1.29, 1.82) is 0 Å². The lowest BCUT2D eigenvalue weighted by atomic mass is 10.1. The topological polar surface area (TPSA) is 78.9 Å². The van der Waals surface area contributed by atoms with E-state index < -0.39 is 6.10 Å². The molecule has 0 saturated heterocycles. The molecule has 0 aromatic rings. The molecule has 0 aromatic carbocycles. The lowest BCUT2D eigenvalue weighted by molar-refractivity contribution is -0.167. The highest BCUT2D eigenvalue weighted by Crippen LogP contribution is 2.16. The quantitative estimate of drug-likeness (QED) is 0.0261. The zero-order chi connectivity index (χ0) is 52.2. The Hall–Kier alpha value is -3.41. The fourth-order valence-electron chi connectivity index (χ4n) is 8.53. The van der Waals surface area contributed by atoms with Crippen molar-refractivity contribution in [3.05, 3.63) is 85.1 Å². The lowest BCUT2D eigenvalue weighted by Crippen LogP contribution is -2.30. The smallest absolute Gasteiger partial charge is 0.306 e. The Balaban J connectivity index is 4.34. The van der Waals surface area contributed by atoms with Gasteiger partial charge in [-0.2, -0.15) is 0 Å². The molecule has 0 aromatic heterocycles. The molecule has 0 saturated carbocycles. The van der Waals surface area contributed by atoms with Crippen LogP contribution in [0.2, 0.25) is 0 Å². The van der Waals surface area contributed by atoms with Crippen LogP contribution in [0.25, 0.3) is 0 Å². The number of allylic oxidation sites excluding steroid dienone is 14. The van der Waals surface area contributed by atoms with E-state index in [1.807, 2.05) is 0 Å². The number of carbonyl (C=O) groups excluding carboxylic acids is 3. The molecular weight excluding hydrogens is 889 g/mol. The molecule has 0 aliphatic carbocycles. The van der Waals surface area contributed by atoms with Crippen LogP contribution in [0.15, 0.2) is 85.1 Å². The van der Waals surface area contributed by atoms with E-state index in [0.29, 0.717) is 19.3 Å². The summed E-state index contributed by atoms with van der Waals surface area (Å²) in [7, 11) is 0. The summed E-state index contributed by atoms with van der Waals surface area (Å²) in [6.07, 6.45) is 78.6. The van der Waals surface area contributed by atoms with Gasteiger partial charge in [0.25, 0.3) is 0 Å². The summed E-state index contributed by atoms with van der Waals surface area (Å²) in [5.74, 6) is -0.898. The van der Waals surface area contributed by atoms with E-state index in [1.54, 1.807) is 0 Å². The first-order valence-corrected chi connectivity index (χ1v) is 30.6. The molecule has 6 heteroatoms. The Labute approximate surface area is 445 Å². The third-order valence-corrected chi connectivity index (χ3v) is 13.1. The van der Waals surface area contributed by atoms with Gasteiger partial charge in [-0.05, 0) is 109 Å². The molecule has 0 aliphatic heterocycles. The van der Waals surface area contributed by atoms with Crippen LogP contribution in [0.3, 0.4) is 0 Å². The Bertz CT molecular complexity index is 1380. The van der Waals surface area contributed by atoms with Gasteiger partial charge in [0.15, 0.2) is 6.10 Å². The van der Waals surface area contributed by atoms with E-state index in [9.17, 15) is 14.4 Å². The predicted octanol–water partition coefficient (Wildman–Crippen LogP) is 20.7. The second-order valence-electron chi connectivity index (χ2n) is 20.2. The molecule has 72 heavy (non-hydrogen) atoms. The van der Waals surface area contributed by atoms with Crippen molar-refractivity contribution in [2.24, 2.45) is 0 Å². The summed E-state index contributed by atoms with van der Waals surface area (Å²) in [5.41, 5.74) is 0. The number of hydrogen-bond donors (Lipinski definition) is 0. The van der Waals surface area contributed by atoms with Crippen molar-refractivity contribution in [3.8, 4) is 0 Å². The molecule has 0 rings (SSSR count). The fraction of sp³-hybridized carbons (Fsp3) is 0.742. The Kier molecular flexibility index (Phi) is 57.3. The molecule has 0 bridgehead atoms. The minimum atomic E-state index is -0.787. The van der Waals surface area contributed by atoms with Crippen LogP contribution in [0.1, 0.15) is 297 Å². The maximum absolute atomic E-state index is 12.9. The van der Waals surface area contributed by atoms with E-state index in [1.165, 1.54) is 141 Å². The fourth-order valence-corrected chi connectivity index (χ4v) is 8.53. The van der Waals surface area contributed by atoms with E-state index >= 15 is 0 Å². The minimum Gasteiger partial charge on any atom is -0.462 e. The zero-order valence-corrected chi connectivity index (χ0v) is 47.4.